The van der Waals surface area contributed by atoms with Crippen LogP contribution in [-0.4, -0.2) is 97.5 Å². The van der Waals surface area contributed by atoms with Gasteiger partial charge in [0.15, 0.2) is 6.29 Å². The fourth-order valence-electron chi connectivity index (χ4n) is 5.98. The second-order valence-electron chi connectivity index (χ2n) is 13.9. The molecule has 1 heterocycles. The van der Waals surface area contributed by atoms with E-state index in [0.29, 0.717) is 13.0 Å². The van der Waals surface area contributed by atoms with Crippen molar-refractivity contribution >= 4 is 16.4 Å². The van der Waals surface area contributed by atoms with Crippen LogP contribution in [0.15, 0.2) is 36.5 Å². The molecule has 12 nitrogen and oxygen atoms in total. The molecule has 1 saturated heterocycles. The first-order valence-electron chi connectivity index (χ1n) is 20.2. The van der Waals surface area contributed by atoms with E-state index < -0.39 is 59.8 Å². The molecule has 0 radical (unpaired) electrons. The Morgan fingerprint density at radius 2 is 1.30 bits per heavy atom. The minimum Gasteiger partial charge on any atom is -0.457 e. The number of aliphatic hydroxyl groups excluding tert-OH is 3. The van der Waals surface area contributed by atoms with Crippen molar-refractivity contribution in [3.63, 3.8) is 0 Å². The highest BCUT2D eigenvalue weighted by Crippen LogP contribution is 2.26. The fourth-order valence-corrected chi connectivity index (χ4v) is 6.49. The molecule has 6 unspecified atom stereocenters. The SMILES string of the molecule is CC/C=C\C/C=C\C/C=C\CCCCCCCCOCC(COC1OC(CO)C(O)C(OS(=O)(=O)O)C1O)OC(=O)CCCCCCCCCCCC. The first kappa shape index (κ1) is 49.3. The maximum absolute atomic E-state index is 12.7. The average Bonchev–Trinajstić information content (AvgIpc) is 3.12. The zero-order chi connectivity index (χ0) is 39.0. The lowest BCUT2D eigenvalue weighted by atomic mass is 9.99. The molecule has 6 atom stereocenters. The molecule has 0 amide bonds. The molecule has 53 heavy (non-hydrogen) atoms. The summed E-state index contributed by atoms with van der Waals surface area (Å²) in [6.45, 7) is 3.81. The van der Waals surface area contributed by atoms with E-state index in [-0.39, 0.29) is 19.6 Å². The van der Waals surface area contributed by atoms with Gasteiger partial charge in [0.1, 0.15) is 30.5 Å². The molecule has 0 saturated carbocycles. The van der Waals surface area contributed by atoms with Gasteiger partial charge in [-0.25, -0.2) is 4.18 Å². The lowest BCUT2D eigenvalue weighted by Crippen LogP contribution is -2.60. The first-order valence-corrected chi connectivity index (χ1v) is 21.6. The summed E-state index contributed by atoms with van der Waals surface area (Å²) in [7, 11) is -5.06. The Kier molecular flexibility index (Phi) is 30.3. The van der Waals surface area contributed by atoms with Crippen LogP contribution in [0.1, 0.15) is 149 Å². The van der Waals surface area contributed by atoms with Gasteiger partial charge < -0.3 is 34.3 Å². The Morgan fingerprint density at radius 3 is 1.91 bits per heavy atom. The maximum Gasteiger partial charge on any atom is 0.397 e. The van der Waals surface area contributed by atoms with E-state index >= 15 is 0 Å². The van der Waals surface area contributed by atoms with Crippen molar-refractivity contribution in [3.8, 4) is 0 Å². The van der Waals surface area contributed by atoms with Crippen LogP contribution in [0.4, 0.5) is 0 Å². The lowest BCUT2D eigenvalue weighted by Gasteiger charge is -2.41. The number of carbonyl (C=O) groups excluding carboxylic acids is 1. The van der Waals surface area contributed by atoms with Gasteiger partial charge in [-0.3, -0.25) is 9.35 Å². The highest BCUT2D eigenvalue weighted by atomic mass is 32.3. The molecular formula is C40H72O12S. The summed E-state index contributed by atoms with van der Waals surface area (Å²) in [6.07, 6.45) is 26.2. The Bertz CT molecular complexity index is 1080. The predicted molar refractivity (Wildman–Crippen MR) is 207 cm³/mol. The van der Waals surface area contributed by atoms with Gasteiger partial charge in [0, 0.05) is 13.0 Å². The third kappa shape index (κ3) is 26.7. The van der Waals surface area contributed by atoms with Crippen LogP contribution in [0, 0.1) is 0 Å². The van der Waals surface area contributed by atoms with E-state index in [1.807, 2.05) is 0 Å². The van der Waals surface area contributed by atoms with Crippen LogP contribution in [0.3, 0.4) is 0 Å². The third-order valence-electron chi connectivity index (χ3n) is 9.03. The topological polar surface area (TPSA) is 178 Å². The number of allylic oxidation sites excluding steroid dienone is 6. The van der Waals surface area contributed by atoms with Crippen molar-refractivity contribution in [2.24, 2.45) is 0 Å². The minimum absolute atomic E-state index is 0.0283. The summed E-state index contributed by atoms with van der Waals surface area (Å²) in [6, 6.07) is 0. The first-order chi connectivity index (χ1) is 25.6. The molecule has 1 aliphatic heterocycles. The van der Waals surface area contributed by atoms with E-state index in [9.17, 15) is 28.5 Å². The van der Waals surface area contributed by atoms with Crippen molar-refractivity contribution in [3.05, 3.63) is 36.5 Å². The minimum atomic E-state index is -5.06. The van der Waals surface area contributed by atoms with Crippen LogP contribution >= 0.6 is 0 Å². The molecular weight excluding hydrogens is 704 g/mol. The number of ether oxygens (including phenoxy) is 4. The predicted octanol–water partition coefficient (Wildman–Crippen LogP) is 7.46. The smallest absolute Gasteiger partial charge is 0.397 e. The number of esters is 1. The molecule has 0 aromatic rings. The molecule has 0 bridgehead atoms. The number of aliphatic hydroxyl groups is 3. The highest BCUT2D eigenvalue weighted by Gasteiger charge is 2.48. The lowest BCUT2D eigenvalue weighted by molar-refractivity contribution is -0.301. The van der Waals surface area contributed by atoms with Gasteiger partial charge in [-0.15, -0.1) is 0 Å². The van der Waals surface area contributed by atoms with Gasteiger partial charge in [-0.1, -0.05) is 134 Å². The zero-order valence-corrected chi connectivity index (χ0v) is 33.4. The van der Waals surface area contributed by atoms with Crippen molar-refractivity contribution in [2.75, 3.05) is 26.4 Å². The van der Waals surface area contributed by atoms with Gasteiger partial charge in [-0.05, 0) is 44.9 Å². The summed E-state index contributed by atoms with van der Waals surface area (Å²) < 4.78 is 58.8. The number of unbranched alkanes of at least 4 members (excludes halogenated alkanes) is 15. The molecule has 1 fully saturated rings. The molecule has 13 heteroatoms. The zero-order valence-electron chi connectivity index (χ0n) is 32.6. The molecule has 310 valence electrons. The van der Waals surface area contributed by atoms with Crippen molar-refractivity contribution in [2.45, 2.75) is 185 Å². The standard InChI is InChI=1S/C40H72O12S/c1-3-5-7-9-11-13-15-16-17-18-19-20-22-24-26-28-30-48-32-34(50-36(42)29-27-25-23-21-14-12-10-8-6-4-2)33-49-40-38(44)39(52-53(45,46)47)37(43)35(31-41)51-40/h5,7,11,13,16-17,34-35,37-41,43-44H,3-4,6,8-10,12,14-15,18-33H2,1-2H3,(H,45,46,47)/b7-5-,13-11-,17-16-. The summed E-state index contributed by atoms with van der Waals surface area (Å²) in [5, 5.41) is 30.5. The van der Waals surface area contributed by atoms with Crippen LogP contribution in [0.2, 0.25) is 0 Å². The average molecular weight is 777 g/mol. The van der Waals surface area contributed by atoms with Gasteiger partial charge in [0.05, 0.1) is 19.8 Å². The summed E-state index contributed by atoms with van der Waals surface area (Å²) in [5.74, 6) is -0.408. The number of carbonyl (C=O) groups is 1. The van der Waals surface area contributed by atoms with E-state index in [0.717, 1.165) is 70.6 Å². The maximum atomic E-state index is 12.7. The number of hydrogen-bond donors (Lipinski definition) is 4. The van der Waals surface area contributed by atoms with E-state index in [1.165, 1.54) is 51.4 Å². The van der Waals surface area contributed by atoms with Crippen molar-refractivity contribution in [1.29, 1.82) is 0 Å². The number of hydrogen-bond acceptors (Lipinski definition) is 11. The summed E-state index contributed by atoms with van der Waals surface area (Å²) in [5.41, 5.74) is 0. The monoisotopic (exact) mass is 776 g/mol. The highest BCUT2D eigenvalue weighted by molar-refractivity contribution is 7.80. The fraction of sp³-hybridized carbons (Fsp3) is 0.825. The largest absolute Gasteiger partial charge is 0.457 e. The van der Waals surface area contributed by atoms with Crippen LogP contribution in [-0.2, 0) is 38.3 Å². The second-order valence-corrected chi connectivity index (χ2v) is 14.9. The molecule has 1 aliphatic rings. The quantitative estimate of drug-likeness (QED) is 0.0220. The molecule has 4 N–H and O–H groups in total. The van der Waals surface area contributed by atoms with E-state index in [4.69, 9.17) is 23.5 Å². The van der Waals surface area contributed by atoms with E-state index in [2.05, 4.69) is 54.5 Å². The van der Waals surface area contributed by atoms with Crippen molar-refractivity contribution < 1.29 is 56.2 Å². The second kappa shape index (κ2) is 32.6. The van der Waals surface area contributed by atoms with Gasteiger partial charge in [0.25, 0.3) is 0 Å². The molecule has 0 spiro atoms. The molecule has 1 rings (SSSR count). The summed E-state index contributed by atoms with van der Waals surface area (Å²) in [4.78, 5) is 12.7. The number of rotatable bonds is 34. The van der Waals surface area contributed by atoms with E-state index in [1.54, 1.807) is 0 Å². The Balaban J connectivity index is 2.48. The van der Waals surface area contributed by atoms with Crippen LogP contribution in [0.25, 0.3) is 0 Å². The van der Waals surface area contributed by atoms with Crippen molar-refractivity contribution in [1.82, 2.24) is 0 Å². The molecule has 0 aliphatic carbocycles. The molecule has 0 aromatic heterocycles. The Labute approximate surface area is 320 Å². The molecule has 0 aromatic carbocycles. The Hall–Kier alpha value is -1.68. The Morgan fingerprint density at radius 1 is 0.736 bits per heavy atom. The summed E-state index contributed by atoms with van der Waals surface area (Å²) >= 11 is 0. The van der Waals surface area contributed by atoms with Crippen LogP contribution in [0.5, 0.6) is 0 Å². The van der Waals surface area contributed by atoms with Gasteiger partial charge >= 0.3 is 16.4 Å². The third-order valence-corrected chi connectivity index (χ3v) is 9.49. The van der Waals surface area contributed by atoms with Gasteiger partial charge in [-0.2, -0.15) is 8.42 Å². The van der Waals surface area contributed by atoms with Crippen LogP contribution < -0.4 is 0 Å². The normalized spacial score (nSPS) is 21.7. The van der Waals surface area contributed by atoms with Gasteiger partial charge in [0.2, 0.25) is 0 Å².